The van der Waals surface area contributed by atoms with Gasteiger partial charge in [0.1, 0.15) is 5.82 Å². The van der Waals surface area contributed by atoms with Crippen molar-refractivity contribution in [2.24, 2.45) is 7.05 Å². The van der Waals surface area contributed by atoms with Gasteiger partial charge in [0.2, 0.25) is 11.8 Å². The first kappa shape index (κ1) is 21.3. The predicted molar refractivity (Wildman–Crippen MR) is 123 cm³/mol. The van der Waals surface area contributed by atoms with Gasteiger partial charge in [0.15, 0.2) is 5.16 Å². The van der Waals surface area contributed by atoms with E-state index in [4.69, 9.17) is 0 Å². The van der Waals surface area contributed by atoms with Crippen molar-refractivity contribution in [1.29, 1.82) is 0 Å². The van der Waals surface area contributed by atoms with Crippen LogP contribution in [0.3, 0.4) is 0 Å². The van der Waals surface area contributed by atoms with Gasteiger partial charge in [-0.15, -0.1) is 10.2 Å². The van der Waals surface area contributed by atoms with E-state index in [1.807, 2.05) is 55.5 Å². The number of amides is 2. The minimum Gasteiger partial charge on any atom is -0.326 e. The van der Waals surface area contributed by atoms with E-state index in [0.29, 0.717) is 11.0 Å². The lowest BCUT2D eigenvalue weighted by atomic mass is 10.2. The third-order valence-electron chi connectivity index (χ3n) is 4.04. The zero-order chi connectivity index (χ0) is 20.8. The van der Waals surface area contributed by atoms with Gasteiger partial charge in [0.25, 0.3) is 0 Å². The highest BCUT2D eigenvalue weighted by atomic mass is 127. The maximum Gasteiger partial charge on any atom is 0.234 e. The van der Waals surface area contributed by atoms with Crippen molar-refractivity contribution in [3.8, 4) is 0 Å². The van der Waals surface area contributed by atoms with Crippen molar-refractivity contribution in [2.75, 3.05) is 16.4 Å². The van der Waals surface area contributed by atoms with Gasteiger partial charge >= 0.3 is 0 Å². The maximum atomic E-state index is 12.3. The van der Waals surface area contributed by atoms with E-state index in [-0.39, 0.29) is 24.0 Å². The van der Waals surface area contributed by atoms with Crippen LogP contribution < -0.4 is 10.6 Å². The fraction of sp³-hybridized carbons (Fsp3) is 0.200. The van der Waals surface area contributed by atoms with Gasteiger partial charge in [-0.1, -0.05) is 29.5 Å². The number of benzene rings is 2. The summed E-state index contributed by atoms with van der Waals surface area (Å²) in [4.78, 5) is 24.4. The molecule has 0 aliphatic rings. The summed E-state index contributed by atoms with van der Waals surface area (Å²) in [7, 11) is 1.79. The number of aromatic nitrogens is 3. The normalized spacial score (nSPS) is 10.6. The summed E-state index contributed by atoms with van der Waals surface area (Å²) in [5, 5.41) is 14.4. The number of rotatable bonds is 7. The summed E-state index contributed by atoms with van der Waals surface area (Å²) in [5.41, 5.74) is 2.62. The van der Waals surface area contributed by atoms with E-state index in [0.717, 1.165) is 20.5 Å². The largest absolute Gasteiger partial charge is 0.326 e. The molecular weight excluding hydrogens is 501 g/mol. The number of anilines is 2. The Morgan fingerprint density at radius 1 is 0.966 bits per heavy atom. The van der Waals surface area contributed by atoms with Gasteiger partial charge in [0.05, 0.1) is 12.2 Å². The van der Waals surface area contributed by atoms with Crippen LogP contribution in [0.2, 0.25) is 0 Å². The molecule has 0 atom stereocenters. The zero-order valence-corrected chi connectivity index (χ0v) is 19.0. The van der Waals surface area contributed by atoms with Crippen LogP contribution in [0.15, 0.2) is 53.7 Å². The minimum atomic E-state index is -0.169. The van der Waals surface area contributed by atoms with Crippen LogP contribution in [0.25, 0.3) is 0 Å². The highest BCUT2D eigenvalue weighted by molar-refractivity contribution is 14.1. The molecule has 0 spiro atoms. The summed E-state index contributed by atoms with van der Waals surface area (Å²) >= 11 is 3.49. The Kier molecular flexibility index (Phi) is 7.26. The number of hydrogen-bond donors (Lipinski definition) is 2. The Hall–Kier alpha value is -2.40. The number of halogens is 1. The SMILES string of the molecule is Cc1ccc(NC(=O)Cc2nnc(SCC(=O)Nc3ccc(I)cc3)n2C)cc1. The van der Waals surface area contributed by atoms with Crippen LogP contribution in [0.1, 0.15) is 11.4 Å². The number of thioether (sulfide) groups is 1. The van der Waals surface area contributed by atoms with Gasteiger partial charge in [-0.3, -0.25) is 9.59 Å². The smallest absolute Gasteiger partial charge is 0.234 e. The van der Waals surface area contributed by atoms with E-state index in [1.54, 1.807) is 11.6 Å². The summed E-state index contributed by atoms with van der Waals surface area (Å²) in [6.07, 6.45) is 0.104. The Labute approximate surface area is 186 Å². The molecule has 1 aromatic heterocycles. The molecule has 2 amide bonds. The molecule has 0 saturated carbocycles. The summed E-state index contributed by atoms with van der Waals surface area (Å²) in [6, 6.07) is 15.2. The van der Waals surface area contributed by atoms with Crippen molar-refractivity contribution in [1.82, 2.24) is 14.8 Å². The fourth-order valence-electron chi connectivity index (χ4n) is 2.47. The quantitative estimate of drug-likeness (QED) is 0.366. The van der Waals surface area contributed by atoms with Gasteiger partial charge in [-0.05, 0) is 65.9 Å². The Morgan fingerprint density at radius 3 is 2.21 bits per heavy atom. The summed E-state index contributed by atoms with van der Waals surface area (Å²) < 4.78 is 2.84. The minimum absolute atomic E-state index is 0.104. The highest BCUT2D eigenvalue weighted by Crippen LogP contribution is 2.18. The van der Waals surface area contributed by atoms with Crippen LogP contribution in [-0.4, -0.2) is 32.3 Å². The molecule has 9 heteroatoms. The Bertz CT molecular complexity index is 1000. The number of hydrogen-bond acceptors (Lipinski definition) is 5. The van der Waals surface area contributed by atoms with E-state index in [9.17, 15) is 9.59 Å². The molecule has 2 N–H and O–H groups in total. The first-order valence-corrected chi connectivity index (χ1v) is 10.9. The average Bonchev–Trinajstić information content (AvgIpc) is 3.03. The van der Waals surface area contributed by atoms with Crippen LogP contribution in [0.5, 0.6) is 0 Å². The van der Waals surface area contributed by atoms with Crippen molar-refractivity contribution in [3.63, 3.8) is 0 Å². The van der Waals surface area contributed by atoms with E-state index in [2.05, 4.69) is 43.4 Å². The van der Waals surface area contributed by atoms with Gasteiger partial charge in [-0.25, -0.2) is 0 Å². The fourth-order valence-corrected chi connectivity index (χ4v) is 3.56. The highest BCUT2D eigenvalue weighted by Gasteiger charge is 2.14. The molecule has 0 fully saturated rings. The third-order valence-corrected chi connectivity index (χ3v) is 5.78. The lowest BCUT2D eigenvalue weighted by molar-refractivity contribution is -0.116. The third kappa shape index (κ3) is 6.29. The molecule has 3 rings (SSSR count). The molecular formula is C20H20IN5O2S. The maximum absolute atomic E-state index is 12.3. The van der Waals surface area contributed by atoms with Gasteiger partial charge < -0.3 is 15.2 Å². The number of carbonyl (C=O) groups is 2. The van der Waals surface area contributed by atoms with Crippen LogP contribution >= 0.6 is 34.4 Å². The number of carbonyl (C=O) groups excluding carboxylic acids is 2. The molecule has 1 heterocycles. The summed E-state index contributed by atoms with van der Waals surface area (Å²) in [6.45, 7) is 1.99. The lowest BCUT2D eigenvalue weighted by Gasteiger charge is -2.07. The number of nitrogens with one attached hydrogen (secondary N) is 2. The molecule has 0 aliphatic carbocycles. The number of aryl methyl sites for hydroxylation is 1. The molecule has 2 aromatic carbocycles. The van der Waals surface area contributed by atoms with Gasteiger partial charge in [0, 0.05) is 22.0 Å². The zero-order valence-electron chi connectivity index (χ0n) is 16.0. The van der Waals surface area contributed by atoms with Crippen LogP contribution in [0.4, 0.5) is 11.4 Å². The standard InChI is InChI=1S/C20H20IN5O2S/c1-13-3-7-15(8-4-13)22-18(27)11-17-24-25-20(26(17)2)29-12-19(28)23-16-9-5-14(21)6-10-16/h3-10H,11-12H2,1-2H3,(H,22,27)(H,23,28). The van der Waals surface area contributed by atoms with E-state index >= 15 is 0 Å². The molecule has 3 aromatic rings. The molecule has 150 valence electrons. The Balaban J connectivity index is 1.51. The van der Waals surface area contributed by atoms with E-state index < -0.39 is 0 Å². The van der Waals surface area contributed by atoms with Crippen molar-refractivity contribution in [3.05, 3.63) is 63.5 Å². The summed E-state index contributed by atoms with van der Waals surface area (Å²) in [5.74, 6) is 0.443. The molecule has 7 nitrogen and oxygen atoms in total. The second kappa shape index (κ2) is 9.88. The predicted octanol–water partition coefficient (Wildman–Crippen LogP) is 3.64. The van der Waals surface area contributed by atoms with Crippen molar-refractivity contribution in [2.45, 2.75) is 18.5 Å². The Morgan fingerprint density at radius 2 is 1.55 bits per heavy atom. The first-order chi connectivity index (χ1) is 13.9. The molecule has 0 aliphatic heterocycles. The molecule has 29 heavy (non-hydrogen) atoms. The lowest BCUT2D eigenvalue weighted by Crippen LogP contribution is -2.17. The second-order valence-electron chi connectivity index (χ2n) is 6.39. The monoisotopic (exact) mass is 521 g/mol. The molecule has 0 radical (unpaired) electrons. The number of nitrogens with zero attached hydrogens (tertiary/aromatic N) is 3. The van der Waals surface area contributed by atoms with Crippen molar-refractivity contribution >= 4 is 57.5 Å². The van der Waals surface area contributed by atoms with Crippen LogP contribution in [-0.2, 0) is 23.1 Å². The molecule has 0 unspecified atom stereocenters. The molecule has 0 bridgehead atoms. The average molecular weight is 521 g/mol. The molecule has 0 saturated heterocycles. The van der Waals surface area contributed by atoms with Crippen LogP contribution in [0, 0.1) is 10.5 Å². The topological polar surface area (TPSA) is 88.9 Å². The second-order valence-corrected chi connectivity index (χ2v) is 8.58. The van der Waals surface area contributed by atoms with Crippen molar-refractivity contribution < 1.29 is 9.59 Å². The van der Waals surface area contributed by atoms with E-state index in [1.165, 1.54) is 11.8 Å². The first-order valence-electron chi connectivity index (χ1n) is 8.84. The van der Waals surface area contributed by atoms with Gasteiger partial charge in [-0.2, -0.15) is 0 Å².